The number of aryl methyl sites for hydroxylation is 1. The molecule has 0 saturated heterocycles. The predicted molar refractivity (Wildman–Crippen MR) is 120 cm³/mol. The third-order valence-electron chi connectivity index (χ3n) is 6.17. The minimum atomic E-state index is -0.738. The Morgan fingerprint density at radius 1 is 1.23 bits per heavy atom. The van der Waals surface area contributed by atoms with E-state index < -0.39 is 11.0 Å². The van der Waals surface area contributed by atoms with E-state index in [1.807, 2.05) is 13.0 Å². The van der Waals surface area contributed by atoms with Crippen LogP contribution >= 0.6 is 11.6 Å². The van der Waals surface area contributed by atoms with Crippen molar-refractivity contribution < 1.29 is 23.8 Å². The standard InChI is InChI=1S/C24H32ClNO5/c1-7-14-12-15(25)13-17(30-6)18(14)19-20(31-22(28)23(2,3)4)24(26-21(19)27)10-8-16(29-5)9-11-24/h12-13,16H,7-11H2,1-6H3,(H,26,27). The zero-order valence-electron chi connectivity index (χ0n) is 19.2. The zero-order valence-corrected chi connectivity index (χ0v) is 19.9. The molecule has 3 rings (SSSR count). The largest absolute Gasteiger partial charge is 0.496 e. The van der Waals surface area contributed by atoms with Crippen molar-refractivity contribution in [3.63, 3.8) is 0 Å². The first-order chi connectivity index (χ1) is 14.6. The van der Waals surface area contributed by atoms with Gasteiger partial charge in [-0.1, -0.05) is 18.5 Å². The van der Waals surface area contributed by atoms with Gasteiger partial charge < -0.3 is 19.5 Å². The third kappa shape index (κ3) is 4.46. The summed E-state index contributed by atoms with van der Waals surface area (Å²) in [4.78, 5) is 26.3. The summed E-state index contributed by atoms with van der Waals surface area (Å²) in [7, 11) is 3.24. The summed E-state index contributed by atoms with van der Waals surface area (Å²) in [6.07, 6.45) is 3.55. The monoisotopic (exact) mass is 449 g/mol. The second-order valence-electron chi connectivity index (χ2n) is 9.31. The Labute approximate surface area is 189 Å². The van der Waals surface area contributed by atoms with E-state index in [0.29, 0.717) is 46.9 Å². The van der Waals surface area contributed by atoms with Crippen molar-refractivity contribution in [3.8, 4) is 5.75 Å². The summed E-state index contributed by atoms with van der Waals surface area (Å²) >= 11 is 6.28. The van der Waals surface area contributed by atoms with Crippen LogP contribution in [0.15, 0.2) is 17.9 Å². The minimum absolute atomic E-state index is 0.127. The normalized spacial score (nSPS) is 23.8. The van der Waals surface area contributed by atoms with Gasteiger partial charge in [-0.15, -0.1) is 0 Å². The average Bonchev–Trinajstić information content (AvgIpc) is 2.97. The number of rotatable bonds is 5. The number of methoxy groups -OCH3 is 2. The van der Waals surface area contributed by atoms with E-state index in [-0.39, 0.29) is 18.0 Å². The smallest absolute Gasteiger partial charge is 0.316 e. The fourth-order valence-corrected chi connectivity index (χ4v) is 4.56. The maximum Gasteiger partial charge on any atom is 0.316 e. The van der Waals surface area contributed by atoms with E-state index in [1.54, 1.807) is 41.1 Å². The van der Waals surface area contributed by atoms with Gasteiger partial charge in [-0.25, -0.2) is 0 Å². The minimum Gasteiger partial charge on any atom is -0.496 e. The van der Waals surface area contributed by atoms with E-state index in [0.717, 1.165) is 18.4 Å². The van der Waals surface area contributed by atoms with E-state index in [9.17, 15) is 9.59 Å². The van der Waals surface area contributed by atoms with Crippen molar-refractivity contribution in [1.29, 1.82) is 0 Å². The van der Waals surface area contributed by atoms with Crippen LogP contribution in [0.1, 0.15) is 64.5 Å². The zero-order chi connectivity index (χ0) is 23.0. The van der Waals surface area contributed by atoms with Gasteiger partial charge in [0.15, 0.2) is 0 Å². The lowest BCUT2D eigenvalue weighted by Crippen LogP contribution is -2.49. The predicted octanol–water partition coefficient (Wildman–Crippen LogP) is 4.67. The highest BCUT2D eigenvalue weighted by Crippen LogP contribution is 2.47. The number of esters is 1. The number of amides is 1. The molecule has 0 aromatic heterocycles. The van der Waals surface area contributed by atoms with Crippen LogP contribution in [0.4, 0.5) is 0 Å². The molecule has 1 heterocycles. The van der Waals surface area contributed by atoms with Crippen LogP contribution in [-0.2, 0) is 25.5 Å². The molecule has 170 valence electrons. The molecule has 1 amide bonds. The van der Waals surface area contributed by atoms with Crippen LogP contribution in [0.5, 0.6) is 5.75 Å². The van der Waals surface area contributed by atoms with Crippen LogP contribution in [0.25, 0.3) is 5.57 Å². The second-order valence-corrected chi connectivity index (χ2v) is 9.75. The Morgan fingerprint density at radius 3 is 2.39 bits per heavy atom. The SMILES string of the molecule is CCc1cc(Cl)cc(OC)c1C1=C(OC(=O)C(C)(C)C)C2(CCC(OC)CC2)NC1=O. The molecule has 0 radical (unpaired) electrons. The van der Waals surface area contributed by atoms with Crippen LogP contribution in [0.3, 0.4) is 0 Å². The lowest BCUT2D eigenvalue weighted by Gasteiger charge is -2.38. The lowest BCUT2D eigenvalue weighted by atomic mass is 9.78. The Kier molecular flexibility index (Phi) is 6.72. The summed E-state index contributed by atoms with van der Waals surface area (Å²) in [5, 5.41) is 3.68. The van der Waals surface area contributed by atoms with E-state index in [1.165, 1.54) is 0 Å². The molecule has 31 heavy (non-hydrogen) atoms. The van der Waals surface area contributed by atoms with Gasteiger partial charge in [0.05, 0.1) is 29.7 Å². The van der Waals surface area contributed by atoms with E-state index in [4.69, 9.17) is 25.8 Å². The van der Waals surface area contributed by atoms with Crippen molar-refractivity contribution in [2.24, 2.45) is 5.41 Å². The van der Waals surface area contributed by atoms with E-state index >= 15 is 0 Å². The summed E-state index contributed by atoms with van der Waals surface area (Å²) < 4.78 is 17.2. The molecule has 2 aliphatic rings. The second kappa shape index (κ2) is 8.83. The van der Waals surface area contributed by atoms with Gasteiger partial charge in [-0.3, -0.25) is 9.59 Å². The van der Waals surface area contributed by atoms with Crippen LogP contribution in [-0.4, -0.2) is 37.7 Å². The molecule has 7 heteroatoms. The molecule has 1 spiro atoms. The Bertz CT molecular complexity index is 882. The maximum atomic E-state index is 13.4. The Morgan fingerprint density at radius 2 is 1.87 bits per heavy atom. The first kappa shape index (κ1) is 23.6. The summed E-state index contributed by atoms with van der Waals surface area (Å²) in [5.41, 5.74) is 0.402. The fraction of sp³-hybridized carbons (Fsp3) is 0.583. The van der Waals surface area contributed by atoms with Gasteiger partial charge >= 0.3 is 5.97 Å². The van der Waals surface area contributed by atoms with Gasteiger partial charge in [0.25, 0.3) is 5.91 Å². The first-order valence-electron chi connectivity index (χ1n) is 10.8. The molecular formula is C24H32ClNO5. The number of nitrogens with one attached hydrogen (secondary N) is 1. The summed E-state index contributed by atoms with van der Waals surface area (Å²) in [6.45, 7) is 7.39. The molecule has 1 aliphatic carbocycles. The Balaban J connectivity index is 2.22. The highest BCUT2D eigenvalue weighted by Gasteiger charge is 2.51. The highest BCUT2D eigenvalue weighted by atomic mass is 35.5. The van der Waals surface area contributed by atoms with Gasteiger partial charge in [0, 0.05) is 17.7 Å². The van der Waals surface area contributed by atoms with Crippen LogP contribution in [0, 0.1) is 5.41 Å². The number of hydrogen-bond donors (Lipinski definition) is 1. The quantitative estimate of drug-likeness (QED) is 0.661. The lowest BCUT2D eigenvalue weighted by molar-refractivity contribution is -0.150. The molecule has 0 bridgehead atoms. The van der Waals surface area contributed by atoms with Gasteiger partial charge in [-0.2, -0.15) is 0 Å². The van der Waals surface area contributed by atoms with Crippen molar-refractivity contribution in [3.05, 3.63) is 34.0 Å². The maximum absolute atomic E-state index is 13.4. The van der Waals surface area contributed by atoms with Crippen molar-refractivity contribution >= 4 is 29.1 Å². The third-order valence-corrected chi connectivity index (χ3v) is 6.39. The molecular weight excluding hydrogens is 418 g/mol. The van der Waals surface area contributed by atoms with Crippen LogP contribution in [0.2, 0.25) is 5.02 Å². The van der Waals surface area contributed by atoms with Crippen molar-refractivity contribution in [1.82, 2.24) is 5.32 Å². The molecule has 0 atom stereocenters. The fourth-order valence-electron chi connectivity index (χ4n) is 4.33. The number of carbonyl (C=O) groups excluding carboxylic acids is 2. The van der Waals surface area contributed by atoms with Gasteiger partial charge in [0.1, 0.15) is 11.5 Å². The van der Waals surface area contributed by atoms with Crippen LogP contribution < -0.4 is 10.1 Å². The number of halogens is 1. The molecule has 0 unspecified atom stereocenters. The average molecular weight is 450 g/mol. The Hall–Kier alpha value is -2.05. The molecule has 1 N–H and O–H groups in total. The van der Waals surface area contributed by atoms with E-state index in [2.05, 4.69) is 5.32 Å². The number of benzene rings is 1. The number of hydrogen-bond acceptors (Lipinski definition) is 5. The molecule has 1 aromatic rings. The number of ether oxygens (including phenoxy) is 3. The summed E-state index contributed by atoms with van der Waals surface area (Å²) in [6, 6.07) is 3.52. The highest BCUT2D eigenvalue weighted by molar-refractivity contribution is 6.31. The van der Waals surface area contributed by atoms with Crippen molar-refractivity contribution in [2.75, 3.05) is 14.2 Å². The molecule has 1 saturated carbocycles. The number of carbonyl (C=O) groups is 2. The first-order valence-corrected chi connectivity index (χ1v) is 11.1. The summed E-state index contributed by atoms with van der Waals surface area (Å²) in [5.74, 6) is 0.238. The topological polar surface area (TPSA) is 73.9 Å². The molecule has 1 aromatic carbocycles. The molecule has 6 nitrogen and oxygen atoms in total. The van der Waals surface area contributed by atoms with Gasteiger partial charge in [0.2, 0.25) is 0 Å². The van der Waals surface area contributed by atoms with Crippen molar-refractivity contribution in [2.45, 2.75) is 71.4 Å². The van der Waals surface area contributed by atoms with Gasteiger partial charge in [-0.05, 0) is 70.6 Å². The molecule has 1 fully saturated rings. The molecule has 1 aliphatic heterocycles.